The maximum atomic E-state index is 12.7. The Morgan fingerprint density at radius 2 is 1.91 bits per heavy atom. The molecule has 0 aliphatic heterocycles. The summed E-state index contributed by atoms with van der Waals surface area (Å²) in [6, 6.07) is 6.50. The first kappa shape index (κ1) is 25.1. The third kappa shape index (κ3) is 6.72. The highest BCUT2D eigenvalue weighted by atomic mass is 16.5. The number of methoxy groups -OCH3 is 1. The second kappa shape index (κ2) is 11.5. The van der Waals surface area contributed by atoms with Crippen molar-refractivity contribution in [2.45, 2.75) is 51.6 Å². The third-order valence-electron chi connectivity index (χ3n) is 6.24. The first-order valence-electron chi connectivity index (χ1n) is 11.5. The van der Waals surface area contributed by atoms with E-state index in [4.69, 9.17) is 9.84 Å². The lowest BCUT2D eigenvalue weighted by Gasteiger charge is -2.28. The Hall–Kier alpha value is -3.56. The largest absolute Gasteiger partial charge is 0.497 e. The van der Waals surface area contributed by atoms with Gasteiger partial charge in [-0.25, -0.2) is 9.78 Å². The van der Waals surface area contributed by atoms with Crippen molar-refractivity contribution in [3.8, 4) is 17.0 Å². The van der Waals surface area contributed by atoms with E-state index >= 15 is 0 Å². The molecule has 2 aromatic rings. The minimum Gasteiger partial charge on any atom is -0.497 e. The molecule has 1 aromatic heterocycles. The number of hydrogen-bond donors (Lipinski definition) is 5. The van der Waals surface area contributed by atoms with Gasteiger partial charge in [0.25, 0.3) is 0 Å². The Balaban J connectivity index is 1.47. The van der Waals surface area contributed by atoms with Crippen molar-refractivity contribution in [3.05, 3.63) is 36.3 Å². The summed E-state index contributed by atoms with van der Waals surface area (Å²) in [6.07, 6.45) is 3.68. The van der Waals surface area contributed by atoms with Crippen LogP contribution < -0.4 is 20.7 Å². The lowest BCUT2D eigenvalue weighted by molar-refractivity contribution is -0.131. The zero-order chi connectivity index (χ0) is 24.7. The fourth-order valence-electron chi connectivity index (χ4n) is 4.15. The van der Waals surface area contributed by atoms with Gasteiger partial charge in [-0.15, -0.1) is 0 Å². The van der Waals surface area contributed by atoms with Crippen LogP contribution in [-0.2, 0) is 9.59 Å². The summed E-state index contributed by atoms with van der Waals surface area (Å²) in [7, 11) is 1.61. The molecule has 0 saturated heterocycles. The number of benzene rings is 1. The number of H-pyrrole nitrogens is 1. The van der Waals surface area contributed by atoms with Crippen LogP contribution in [0.1, 0.15) is 51.4 Å². The maximum Gasteiger partial charge on any atom is 0.404 e. The molecule has 1 heterocycles. The van der Waals surface area contributed by atoms with Gasteiger partial charge >= 0.3 is 6.09 Å². The number of imidazole rings is 1. The van der Waals surface area contributed by atoms with E-state index in [-0.39, 0.29) is 29.7 Å². The number of nitrogens with zero attached hydrogens (tertiary/aromatic N) is 1. The molecule has 5 N–H and O–H groups in total. The second-order valence-electron chi connectivity index (χ2n) is 8.77. The Kier molecular flexibility index (Phi) is 8.50. The number of ether oxygens (including phenoxy) is 1. The zero-order valence-corrected chi connectivity index (χ0v) is 19.8. The van der Waals surface area contributed by atoms with E-state index in [1.807, 2.05) is 31.2 Å². The van der Waals surface area contributed by atoms with Crippen LogP contribution in [0.3, 0.4) is 0 Å². The number of hydrogen-bond acceptors (Lipinski definition) is 5. The molecular formula is C24H33N5O5. The van der Waals surface area contributed by atoms with Crippen molar-refractivity contribution in [3.63, 3.8) is 0 Å². The molecule has 3 rings (SSSR count). The highest BCUT2D eigenvalue weighted by Gasteiger charge is 2.28. The van der Waals surface area contributed by atoms with Crippen molar-refractivity contribution >= 4 is 17.9 Å². The molecule has 0 spiro atoms. The minimum atomic E-state index is -1.03. The van der Waals surface area contributed by atoms with Crippen LogP contribution >= 0.6 is 0 Å². The highest BCUT2D eigenvalue weighted by molar-refractivity contribution is 5.88. The lowest BCUT2D eigenvalue weighted by Crippen LogP contribution is -2.48. The fraction of sp³-hybridized carbons (Fsp3) is 0.500. The van der Waals surface area contributed by atoms with Crippen molar-refractivity contribution in [2.75, 3.05) is 13.7 Å². The van der Waals surface area contributed by atoms with Gasteiger partial charge in [-0.3, -0.25) is 9.59 Å². The van der Waals surface area contributed by atoms with Gasteiger partial charge in [0.15, 0.2) is 0 Å². The number of rotatable bonds is 9. The molecule has 2 atom stereocenters. The summed E-state index contributed by atoms with van der Waals surface area (Å²) in [4.78, 5) is 43.6. The number of amides is 3. The summed E-state index contributed by atoms with van der Waals surface area (Å²) in [5.41, 5.74) is 1.64. The van der Waals surface area contributed by atoms with Crippen LogP contribution in [0.4, 0.5) is 4.79 Å². The van der Waals surface area contributed by atoms with Gasteiger partial charge in [0.2, 0.25) is 11.8 Å². The highest BCUT2D eigenvalue weighted by Crippen LogP contribution is 2.28. The van der Waals surface area contributed by atoms with Crippen LogP contribution in [0.5, 0.6) is 5.75 Å². The Morgan fingerprint density at radius 1 is 1.18 bits per heavy atom. The van der Waals surface area contributed by atoms with Crippen LogP contribution in [-0.4, -0.2) is 52.7 Å². The predicted molar refractivity (Wildman–Crippen MR) is 126 cm³/mol. The SMILES string of the molecule is COc1cccc(-c2c[nH]c(C(C)NC(=O)[C@H](C)NC(=O)C3CCC(CNC(=O)O)CC3)n2)c1. The first-order valence-corrected chi connectivity index (χ1v) is 11.5. The number of carbonyl (C=O) groups excluding carboxylic acids is 2. The summed E-state index contributed by atoms with van der Waals surface area (Å²) < 4.78 is 5.26. The van der Waals surface area contributed by atoms with E-state index in [2.05, 4.69) is 25.9 Å². The van der Waals surface area contributed by atoms with Gasteiger partial charge in [0.05, 0.1) is 18.8 Å². The van der Waals surface area contributed by atoms with E-state index in [1.54, 1.807) is 20.2 Å². The zero-order valence-electron chi connectivity index (χ0n) is 19.8. The van der Waals surface area contributed by atoms with Gasteiger partial charge in [-0.1, -0.05) is 12.1 Å². The number of carboxylic acid groups (broad SMARTS) is 1. The summed E-state index contributed by atoms with van der Waals surface area (Å²) >= 11 is 0. The number of carbonyl (C=O) groups is 3. The average Bonchev–Trinajstić information content (AvgIpc) is 3.33. The van der Waals surface area contributed by atoms with Crippen molar-refractivity contribution in [1.82, 2.24) is 25.9 Å². The Morgan fingerprint density at radius 3 is 2.59 bits per heavy atom. The van der Waals surface area contributed by atoms with E-state index in [1.165, 1.54) is 0 Å². The topological polar surface area (TPSA) is 145 Å². The molecule has 1 fully saturated rings. The molecule has 1 aromatic carbocycles. The van der Waals surface area contributed by atoms with Gasteiger partial charge in [-0.05, 0) is 57.6 Å². The predicted octanol–water partition coefficient (Wildman–Crippen LogP) is 2.84. The van der Waals surface area contributed by atoms with Gasteiger partial charge in [0, 0.05) is 24.2 Å². The van der Waals surface area contributed by atoms with Gasteiger partial charge in [-0.2, -0.15) is 0 Å². The van der Waals surface area contributed by atoms with E-state index in [9.17, 15) is 14.4 Å². The van der Waals surface area contributed by atoms with Gasteiger partial charge in [0.1, 0.15) is 17.6 Å². The van der Waals surface area contributed by atoms with Crippen LogP contribution in [0.25, 0.3) is 11.3 Å². The molecular weight excluding hydrogens is 438 g/mol. The maximum absolute atomic E-state index is 12.7. The van der Waals surface area contributed by atoms with Crippen LogP contribution in [0.2, 0.25) is 0 Å². The normalized spacial score (nSPS) is 19.5. The Labute approximate surface area is 198 Å². The average molecular weight is 472 g/mol. The molecule has 1 aliphatic rings. The quantitative estimate of drug-likeness (QED) is 0.380. The molecule has 34 heavy (non-hydrogen) atoms. The molecule has 10 nitrogen and oxygen atoms in total. The van der Waals surface area contributed by atoms with E-state index < -0.39 is 12.1 Å². The number of nitrogens with one attached hydrogen (secondary N) is 4. The molecule has 184 valence electrons. The van der Waals surface area contributed by atoms with E-state index in [0.29, 0.717) is 25.2 Å². The third-order valence-corrected chi connectivity index (χ3v) is 6.24. The molecule has 0 bridgehead atoms. The summed E-state index contributed by atoms with van der Waals surface area (Å²) in [6.45, 7) is 3.89. The fourth-order valence-corrected chi connectivity index (χ4v) is 4.15. The minimum absolute atomic E-state index is 0.141. The standard InChI is InChI=1S/C24H33N5O5/c1-14(21-25-13-20(29-21)18-5-4-6-19(11-18)34-3)27-22(30)15(2)28-23(31)17-9-7-16(8-10-17)12-26-24(32)33/h4-6,11,13-17,26H,7-10,12H2,1-3H3,(H,25,29)(H,27,30)(H,28,31)(H,32,33)/t14?,15-,16?,17?/m0/s1. The molecule has 0 radical (unpaired) electrons. The van der Waals surface area contributed by atoms with Crippen molar-refractivity contribution < 1.29 is 24.2 Å². The van der Waals surface area contributed by atoms with Crippen molar-refractivity contribution in [1.29, 1.82) is 0 Å². The van der Waals surface area contributed by atoms with Crippen molar-refractivity contribution in [2.24, 2.45) is 11.8 Å². The monoisotopic (exact) mass is 471 g/mol. The molecule has 1 saturated carbocycles. The summed E-state index contributed by atoms with van der Waals surface area (Å²) in [5, 5.41) is 16.8. The van der Waals surface area contributed by atoms with E-state index in [0.717, 1.165) is 29.8 Å². The van der Waals surface area contributed by atoms with Crippen LogP contribution in [0.15, 0.2) is 30.5 Å². The molecule has 1 aliphatic carbocycles. The number of aromatic amines is 1. The second-order valence-corrected chi connectivity index (χ2v) is 8.77. The molecule has 1 unspecified atom stereocenters. The first-order chi connectivity index (χ1) is 16.3. The summed E-state index contributed by atoms with van der Waals surface area (Å²) in [5.74, 6) is 0.996. The number of aromatic nitrogens is 2. The van der Waals surface area contributed by atoms with Gasteiger partial charge < -0.3 is 30.8 Å². The smallest absolute Gasteiger partial charge is 0.404 e. The van der Waals surface area contributed by atoms with Crippen LogP contribution in [0, 0.1) is 11.8 Å². The Bertz CT molecular complexity index is 999. The molecule has 3 amide bonds. The lowest BCUT2D eigenvalue weighted by atomic mass is 9.81. The molecule has 10 heteroatoms.